The Balaban J connectivity index is 2.11. The number of benzene rings is 1. The van der Waals surface area contributed by atoms with Crippen LogP contribution in [0.1, 0.15) is 28.1 Å². The lowest BCUT2D eigenvalue weighted by Crippen LogP contribution is -1.95. The van der Waals surface area contributed by atoms with Crippen LogP contribution in [0.5, 0.6) is 0 Å². The fourth-order valence-electron chi connectivity index (χ4n) is 2.69. The number of hydrogen-bond donors (Lipinski definition) is 1. The smallest absolute Gasteiger partial charge is 0.328 e. The highest BCUT2D eigenvalue weighted by atomic mass is 16.4. The summed E-state index contributed by atoms with van der Waals surface area (Å²) in [5, 5.41) is 8.94. The number of carboxylic acid groups (broad SMARTS) is 1. The molecule has 2 aromatic heterocycles. The Morgan fingerprint density at radius 3 is 2.78 bits per heavy atom. The minimum atomic E-state index is -0.964. The molecule has 116 valence electrons. The lowest BCUT2D eigenvalue weighted by atomic mass is 10.1. The summed E-state index contributed by atoms with van der Waals surface area (Å²) in [4.78, 5) is 15.6. The summed E-state index contributed by atoms with van der Waals surface area (Å²) in [6.45, 7) is 4.06. The molecule has 0 aliphatic carbocycles. The van der Waals surface area contributed by atoms with Crippen LogP contribution in [0.4, 0.5) is 0 Å². The van der Waals surface area contributed by atoms with Crippen LogP contribution in [0.3, 0.4) is 0 Å². The van der Waals surface area contributed by atoms with Gasteiger partial charge in [-0.15, -0.1) is 0 Å². The summed E-state index contributed by atoms with van der Waals surface area (Å²) in [5.41, 5.74) is 5.97. The largest absolute Gasteiger partial charge is 0.478 e. The number of aryl methyl sites for hydroxylation is 2. The van der Waals surface area contributed by atoms with Crippen LogP contribution >= 0.6 is 0 Å². The number of aromatic nitrogens is 2. The molecular weight excluding hydrogens is 288 g/mol. The first-order chi connectivity index (χ1) is 11.0. The maximum Gasteiger partial charge on any atom is 0.328 e. The van der Waals surface area contributed by atoms with E-state index in [1.807, 2.05) is 35.7 Å². The zero-order valence-corrected chi connectivity index (χ0v) is 13.2. The van der Waals surface area contributed by atoms with Gasteiger partial charge in [0.05, 0.1) is 11.4 Å². The maximum atomic E-state index is 10.9. The number of carboxylic acids is 1. The average Bonchev–Trinajstić information content (AvgIpc) is 2.81. The molecule has 0 fully saturated rings. The van der Waals surface area contributed by atoms with Gasteiger partial charge in [-0.05, 0) is 37.1 Å². The van der Waals surface area contributed by atoms with Crippen molar-refractivity contribution in [2.75, 3.05) is 0 Å². The molecule has 1 aromatic carbocycles. The van der Waals surface area contributed by atoms with Crippen molar-refractivity contribution in [2.24, 2.45) is 0 Å². The zero-order chi connectivity index (χ0) is 16.4. The predicted molar refractivity (Wildman–Crippen MR) is 90.6 cm³/mol. The molecule has 4 heteroatoms. The van der Waals surface area contributed by atoms with Gasteiger partial charge in [0.25, 0.3) is 0 Å². The van der Waals surface area contributed by atoms with Crippen LogP contribution in [-0.2, 0) is 11.2 Å². The third-order valence-corrected chi connectivity index (χ3v) is 3.72. The molecule has 0 aliphatic rings. The first-order valence-electron chi connectivity index (χ1n) is 7.47. The van der Waals surface area contributed by atoms with Crippen molar-refractivity contribution in [3.8, 4) is 0 Å². The topological polar surface area (TPSA) is 54.6 Å². The van der Waals surface area contributed by atoms with Crippen molar-refractivity contribution < 1.29 is 9.90 Å². The van der Waals surface area contributed by atoms with E-state index in [9.17, 15) is 4.79 Å². The summed E-state index contributed by atoms with van der Waals surface area (Å²) < 4.78 is 1.94. The first-order valence-corrected chi connectivity index (χ1v) is 7.47. The van der Waals surface area contributed by atoms with Gasteiger partial charge in [0.1, 0.15) is 5.65 Å². The van der Waals surface area contributed by atoms with Gasteiger partial charge in [0.2, 0.25) is 0 Å². The monoisotopic (exact) mass is 306 g/mol. The second-order valence-electron chi connectivity index (χ2n) is 5.72. The Bertz CT molecular complexity index is 907. The number of rotatable bonds is 4. The van der Waals surface area contributed by atoms with Crippen molar-refractivity contribution in [2.45, 2.75) is 20.3 Å². The Hall–Kier alpha value is -2.88. The summed E-state index contributed by atoms with van der Waals surface area (Å²) in [5.74, 6) is -0.964. The average molecular weight is 306 g/mol. The fraction of sp³-hybridized carbons (Fsp3) is 0.158. The molecule has 23 heavy (non-hydrogen) atoms. The summed E-state index contributed by atoms with van der Waals surface area (Å²) >= 11 is 0. The molecular formula is C19H18N2O2. The van der Waals surface area contributed by atoms with Gasteiger partial charge in [0, 0.05) is 18.7 Å². The van der Waals surface area contributed by atoms with Gasteiger partial charge in [-0.3, -0.25) is 4.40 Å². The third-order valence-electron chi connectivity index (χ3n) is 3.72. The van der Waals surface area contributed by atoms with Gasteiger partial charge in [0.15, 0.2) is 0 Å². The van der Waals surface area contributed by atoms with Crippen LogP contribution in [0, 0.1) is 13.8 Å². The Morgan fingerprint density at radius 2 is 2.04 bits per heavy atom. The minimum absolute atomic E-state index is 0.668. The molecule has 0 saturated carbocycles. The highest BCUT2D eigenvalue weighted by Gasteiger charge is 2.11. The molecule has 1 N–H and O–H groups in total. The molecule has 4 nitrogen and oxygen atoms in total. The van der Waals surface area contributed by atoms with Crippen LogP contribution in [-0.4, -0.2) is 20.5 Å². The summed E-state index contributed by atoms with van der Waals surface area (Å²) in [6.07, 6.45) is 5.42. The van der Waals surface area contributed by atoms with Gasteiger partial charge in [-0.25, -0.2) is 9.78 Å². The quantitative estimate of drug-likeness (QED) is 0.749. The van der Waals surface area contributed by atoms with Crippen molar-refractivity contribution in [3.05, 3.63) is 76.7 Å². The molecule has 0 amide bonds. The lowest BCUT2D eigenvalue weighted by molar-refractivity contribution is -0.131. The van der Waals surface area contributed by atoms with Gasteiger partial charge < -0.3 is 5.11 Å². The molecule has 0 spiro atoms. The van der Waals surface area contributed by atoms with E-state index in [1.54, 1.807) is 6.08 Å². The fourth-order valence-corrected chi connectivity index (χ4v) is 2.69. The molecule has 0 radical (unpaired) electrons. The SMILES string of the molecule is Cc1cccc(Cc2nc3ccc(C)cn3c2/C=C/C(=O)O)c1. The van der Waals surface area contributed by atoms with Crippen LogP contribution < -0.4 is 0 Å². The Labute approximate surface area is 134 Å². The molecule has 0 saturated heterocycles. The molecule has 0 unspecified atom stereocenters. The van der Waals surface area contributed by atoms with E-state index >= 15 is 0 Å². The highest BCUT2D eigenvalue weighted by molar-refractivity contribution is 5.85. The van der Waals surface area contributed by atoms with Gasteiger partial charge in [-0.2, -0.15) is 0 Å². The number of nitrogens with zero attached hydrogens (tertiary/aromatic N) is 2. The number of imidazole rings is 1. The predicted octanol–water partition coefficient (Wildman–Crippen LogP) is 3.64. The summed E-state index contributed by atoms with van der Waals surface area (Å²) in [7, 11) is 0. The van der Waals surface area contributed by atoms with Crippen molar-refractivity contribution in [1.82, 2.24) is 9.38 Å². The number of aliphatic carboxylic acids is 1. The first kappa shape index (κ1) is 15.0. The zero-order valence-electron chi connectivity index (χ0n) is 13.2. The van der Waals surface area contributed by atoms with E-state index in [0.717, 1.165) is 34.2 Å². The highest BCUT2D eigenvalue weighted by Crippen LogP contribution is 2.19. The number of carbonyl (C=O) groups is 1. The van der Waals surface area contributed by atoms with E-state index in [4.69, 9.17) is 5.11 Å². The molecule has 0 atom stereocenters. The van der Waals surface area contributed by atoms with Gasteiger partial charge >= 0.3 is 5.97 Å². The van der Waals surface area contributed by atoms with Crippen molar-refractivity contribution >= 4 is 17.7 Å². The van der Waals surface area contributed by atoms with Crippen LogP contribution in [0.25, 0.3) is 11.7 Å². The normalized spacial score (nSPS) is 11.4. The van der Waals surface area contributed by atoms with E-state index in [2.05, 4.69) is 30.1 Å². The van der Waals surface area contributed by atoms with E-state index in [-0.39, 0.29) is 0 Å². The van der Waals surface area contributed by atoms with Crippen molar-refractivity contribution in [1.29, 1.82) is 0 Å². The second kappa shape index (κ2) is 6.08. The minimum Gasteiger partial charge on any atom is -0.478 e. The van der Waals surface area contributed by atoms with E-state index < -0.39 is 5.97 Å². The van der Waals surface area contributed by atoms with E-state index in [1.165, 1.54) is 5.56 Å². The van der Waals surface area contributed by atoms with Crippen LogP contribution in [0.15, 0.2) is 48.7 Å². The Kier molecular flexibility index (Phi) is 3.98. The van der Waals surface area contributed by atoms with Crippen molar-refractivity contribution in [3.63, 3.8) is 0 Å². The molecule has 0 bridgehead atoms. The molecule has 3 aromatic rings. The standard InChI is InChI=1S/C19H18N2O2/c1-13-4-3-5-15(10-13)11-16-17(7-9-19(22)23)21-12-14(2)6-8-18(21)20-16/h3-10,12H,11H2,1-2H3,(H,22,23)/b9-7+. The second-order valence-corrected chi connectivity index (χ2v) is 5.72. The molecule has 2 heterocycles. The number of pyridine rings is 1. The summed E-state index contributed by atoms with van der Waals surface area (Å²) in [6, 6.07) is 12.2. The van der Waals surface area contributed by atoms with Crippen LogP contribution in [0.2, 0.25) is 0 Å². The van der Waals surface area contributed by atoms with Gasteiger partial charge in [-0.1, -0.05) is 35.9 Å². The van der Waals surface area contributed by atoms with E-state index in [0.29, 0.717) is 6.42 Å². The third kappa shape index (κ3) is 3.31. The number of fused-ring (bicyclic) bond motifs is 1. The lowest BCUT2D eigenvalue weighted by Gasteiger charge is -2.03. The number of hydrogen-bond acceptors (Lipinski definition) is 2. The molecule has 3 rings (SSSR count). The maximum absolute atomic E-state index is 10.9. The molecule has 0 aliphatic heterocycles. The Morgan fingerprint density at radius 1 is 1.22 bits per heavy atom.